The Bertz CT molecular complexity index is 2020. The van der Waals surface area contributed by atoms with E-state index in [1.165, 1.54) is 7.11 Å². The van der Waals surface area contributed by atoms with Crippen LogP contribution in [0, 0.1) is 11.8 Å². The highest BCUT2D eigenvalue weighted by Crippen LogP contribution is 2.38. The Labute approximate surface area is 414 Å². The van der Waals surface area contributed by atoms with E-state index in [1.807, 2.05) is 49.2 Å². The number of carbonyl (C=O) groups is 4. The van der Waals surface area contributed by atoms with Gasteiger partial charge in [-0.25, -0.2) is 0 Å². The molecule has 3 aliphatic heterocycles. The summed E-state index contributed by atoms with van der Waals surface area (Å²) in [4.78, 5) is 56.0. The number of nitrogens with zero attached hydrogens (tertiary/aromatic N) is 2. The van der Waals surface area contributed by atoms with E-state index >= 15 is 0 Å². The number of aldehydes is 1. The number of carbonyl (C=O) groups excluding carboxylic acids is 4. The largest absolute Gasteiger partial charge is 0.462 e. The van der Waals surface area contributed by atoms with E-state index in [2.05, 4.69) is 24.3 Å². The molecule has 0 amide bonds. The molecular weight excluding hydrogens is 905 g/mol. The topological polar surface area (TPSA) is 209 Å². The highest BCUT2D eigenvalue weighted by Gasteiger charge is 2.53. The fourth-order valence-electron chi connectivity index (χ4n) is 10.1. The maximum absolute atomic E-state index is 14.2. The molecule has 5 unspecified atom stereocenters. The van der Waals surface area contributed by atoms with Gasteiger partial charge in [0.05, 0.1) is 36.9 Å². The Hall–Kier alpha value is -3.88. The summed E-state index contributed by atoms with van der Waals surface area (Å²) < 4.78 is 49.9. The van der Waals surface area contributed by atoms with E-state index in [0.29, 0.717) is 32.4 Å². The number of β-amino-alcohol motifs (C(OH)–C–C–N with tert-alkyl or cyclic N) is 1. The van der Waals surface area contributed by atoms with Crippen molar-refractivity contribution in [2.75, 3.05) is 41.3 Å². The first-order valence-corrected chi connectivity index (χ1v) is 25.0. The highest BCUT2D eigenvalue weighted by atomic mass is 16.7. The van der Waals surface area contributed by atoms with Crippen LogP contribution in [0.5, 0.6) is 0 Å². The number of benzene rings is 2. The van der Waals surface area contributed by atoms with Gasteiger partial charge in [-0.05, 0) is 102 Å². The maximum Gasteiger partial charge on any atom is 0.309 e. The Morgan fingerprint density at radius 1 is 0.929 bits per heavy atom. The lowest BCUT2D eigenvalue weighted by molar-refractivity contribution is -0.344. The number of cyclic esters (lactones) is 1. The standard InChI is InChI=1S/C53H80N2O15/c1-11-42(58)67-41-29-44(60)66-39(20-15-17-35-22-23-36-18-13-14-19-37(36)28-35)21-16-25-55(9)31-40(57)32(3)27-38(24-26-56)49(50(41)63-10)70-52-47(61)46(54(7)8)48(33(4)65-52)69-45-30-53(6,62)51(34(5)64-45)68-43(59)12-2/h13-15,17-19,22-23,26,28,32-34,38-41,45-52,57,61-62H,11-12,16,20-21,24-25,27,29-31H2,1-10H3/b17-15+/t32-,33?,34?,38+,39+,40+,41-,45+,46?,47?,48+,49+,50+,51+,52+,53?/m1/s1. The number of likely N-dealkylation sites (N-methyl/N-ethyl adjacent to an activating group) is 2. The van der Waals surface area contributed by atoms with E-state index in [1.54, 1.807) is 53.6 Å². The molecule has 0 aliphatic carbocycles. The van der Waals surface area contributed by atoms with Crippen molar-refractivity contribution in [1.29, 1.82) is 0 Å². The molecule has 3 N–H and O–H groups in total. The number of hydrogen-bond acceptors (Lipinski definition) is 17. The van der Waals surface area contributed by atoms with Crippen LogP contribution in [-0.4, -0.2) is 176 Å². The van der Waals surface area contributed by atoms with Crippen molar-refractivity contribution in [2.24, 2.45) is 11.8 Å². The van der Waals surface area contributed by atoms with E-state index in [-0.39, 0.29) is 38.0 Å². The SMILES string of the molecule is CCC(=O)O[C@@H]1CC(=O)O[C@@H](C/C=C/c2ccc3ccccc3c2)CCCN(C)C[C@H](O)[C@H](C)C[C@H](CC=O)[C@H](O[C@@H]2OC(C)[C@H](O[C@H]3CC(C)(O)[C@@H](OC(=O)CC)C(C)O3)C(N(C)C)C2O)[C@H]1OC. The second-order valence-corrected chi connectivity index (χ2v) is 19.9. The van der Waals surface area contributed by atoms with Crippen molar-refractivity contribution in [1.82, 2.24) is 9.80 Å². The van der Waals surface area contributed by atoms with E-state index in [4.69, 9.17) is 37.9 Å². The number of aliphatic hydroxyl groups is 3. The summed E-state index contributed by atoms with van der Waals surface area (Å²) in [5.74, 6) is -2.78. The van der Waals surface area contributed by atoms with E-state index in [0.717, 1.165) is 22.6 Å². The van der Waals surface area contributed by atoms with Gasteiger partial charge in [0.1, 0.15) is 42.4 Å². The predicted octanol–water partition coefficient (Wildman–Crippen LogP) is 5.21. The van der Waals surface area contributed by atoms with Crippen LogP contribution < -0.4 is 0 Å². The summed E-state index contributed by atoms with van der Waals surface area (Å²) in [6, 6.07) is 13.5. The minimum absolute atomic E-state index is 0.0124. The Morgan fingerprint density at radius 2 is 1.63 bits per heavy atom. The summed E-state index contributed by atoms with van der Waals surface area (Å²) in [5.41, 5.74) is -0.502. The molecule has 0 aromatic heterocycles. The zero-order valence-electron chi connectivity index (χ0n) is 42.8. The third kappa shape index (κ3) is 15.6. The Kier molecular flexibility index (Phi) is 21.8. The first kappa shape index (κ1) is 57.0. The van der Waals surface area contributed by atoms with Gasteiger partial charge in [0.15, 0.2) is 18.7 Å². The third-order valence-corrected chi connectivity index (χ3v) is 13.9. The lowest BCUT2D eigenvalue weighted by Gasteiger charge is -2.50. The van der Waals surface area contributed by atoms with Gasteiger partial charge in [-0.15, -0.1) is 0 Å². The number of fused-ring (bicyclic) bond motifs is 1. The van der Waals surface area contributed by atoms with Crippen LogP contribution in [0.2, 0.25) is 0 Å². The zero-order chi connectivity index (χ0) is 51.3. The molecule has 2 aromatic carbocycles. The number of rotatable bonds is 15. The second kappa shape index (κ2) is 26.7. The predicted molar refractivity (Wildman–Crippen MR) is 261 cm³/mol. The maximum atomic E-state index is 14.2. The number of esters is 3. The van der Waals surface area contributed by atoms with Crippen LogP contribution in [-0.2, 0) is 57.1 Å². The van der Waals surface area contributed by atoms with Crippen molar-refractivity contribution in [3.05, 3.63) is 54.1 Å². The average Bonchev–Trinajstić information content (AvgIpc) is 3.30. The van der Waals surface area contributed by atoms with Crippen LogP contribution in [0.1, 0.15) is 105 Å². The Morgan fingerprint density at radius 3 is 2.29 bits per heavy atom. The summed E-state index contributed by atoms with van der Waals surface area (Å²) in [7, 11) is 6.84. The molecule has 17 nitrogen and oxygen atoms in total. The highest BCUT2D eigenvalue weighted by molar-refractivity contribution is 5.84. The summed E-state index contributed by atoms with van der Waals surface area (Å²) in [6.45, 7) is 11.1. The van der Waals surface area contributed by atoms with Crippen LogP contribution in [0.25, 0.3) is 16.8 Å². The van der Waals surface area contributed by atoms with Crippen molar-refractivity contribution >= 4 is 41.0 Å². The first-order chi connectivity index (χ1) is 33.3. The molecule has 0 saturated carbocycles. The monoisotopic (exact) mass is 985 g/mol. The smallest absolute Gasteiger partial charge is 0.309 e. The fraction of sp³-hybridized carbons (Fsp3) is 0.698. The molecule has 3 aliphatic rings. The summed E-state index contributed by atoms with van der Waals surface area (Å²) in [6.07, 6.45) is -5.87. The minimum atomic E-state index is -1.50. The van der Waals surface area contributed by atoms with Gasteiger partial charge in [-0.2, -0.15) is 0 Å². The molecule has 16 atom stereocenters. The first-order valence-electron chi connectivity index (χ1n) is 25.0. The Balaban J connectivity index is 1.44. The van der Waals surface area contributed by atoms with Crippen LogP contribution in [0.4, 0.5) is 0 Å². The van der Waals surface area contributed by atoms with Crippen LogP contribution in [0.15, 0.2) is 48.5 Å². The molecule has 3 fully saturated rings. The van der Waals surface area contributed by atoms with Crippen LogP contribution in [0.3, 0.4) is 0 Å². The van der Waals surface area contributed by atoms with Gasteiger partial charge < -0.3 is 67.8 Å². The lowest BCUT2D eigenvalue weighted by atomic mass is 9.82. The lowest BCUT2D eigenvalue weighted by Crippen LogP contribution is -2.66. The van der Waals surface area contributed by atoms with Crippen LogP contribution >= 0.6 is 0 Å². The van der Waals surface area contributed by atoms with E-state index in [9.17, 15) is 34.5 Å². The molecule has 3 saturated heterocycles. The number of hydrogen-bond donors (Lipinski definition) is 3. The van der Waals surface area contributed by atoms with Gasteiger partial charge in [0.2, 0.25) is 0 Å². The van der Waals surface area contributed by atoms with Gasteiger partial charge in [-0.3, -0.25) is 14.4 Å². The quantitative estimate of drug-likeness (QED) is 0.119. The van der Waals surface area contributed by atoms with Gasteiger partial charge in [0, 0.05) is 45.8 Å². The van der Waals surface area contributed by atoms with Crippen molar-refractivity contribution in [2.45, 2.75) is 185 Å². The molecule has 3 heterocycles. The number of aliphatic hydroxyl groups excluding tert-OH is 2. The fourth-order valence-corrected chi connectivity index (χ4v) is 10.1. The molecule has 0 bridgehead atoms. The molecule has 2 aromatic rings. The average molecular weight is 985 g/mol. The third-order valence-electron chi connectivity index (χ3n) is 13.9. The summed E-state index contributed by atoms with van der Waals surface area (Å²) >= 11 is 0. The van der Waals surface area contributed by atoms with Gasteiger partial charge in [-0.1, -0.05) is 69.3 Å². The van der Waals surface area contributed by atoms with E-state index < -0.39 is 116 Å². The second-order valence-electron chi connectivity index (χ2n) is 19.9. The number of methoxy groups -OCH3 is 1. The number of ether oxygens (including phenoxy) is 8. The molecule has 392 valence electrons. The van der Waals surface area contributed by atoms with Crippen molar-refractivity contribution in [3.63, 3.8) is 0 Å². The zero-order valence-corrected chi connectivity index (χ0v) is 42.8. The van der Waals surface area contributed by atoms with Crippen molar-refractivity contribution < 1.29 is 72.4 Å². The molecule has 0 spiro atoms. The van der Waals surface area contributed by atoms with Gasteiger partial charge >= 0.3 is 17.9 Å². The molecule has 0 radical (unpaired) electrons. The molecule has 17 heteroatoms. The summed E-state index contributed by atoms with van der Waals surface area (Å²) in [5, 5.41) is 37.6. The van der Waals surface area contributed by atoms with Gasteiger partial charge in [0.25, 0.3) is 0 Å². The molecular formula is C53H80N2O15. The molecule has 70 heavy (non-hydrogen) atoms. The normalized spacial score (nSPS) is 35.6. The van der Waals surface area contributed by atoms with Crippen molar-refractivity contribution in [3.8, 4) is 0 Å². The molecule has 5 rings (SSSR count). The minimum Gasteiger partial charge on any atom is -0.462 e.